The molecule has 6 heteroatoms. The summed E-state index contributed by atoms with van der Waals surface area (Å²) in [6, 6.07) is 4.57. The van der Waals surface area contributed by atoms with E-state index in [0.29, 0.717) is 0 Å². The van der Waals surface area contributed by atoms with E-state index in [1.807, 2.05) is 0 Å². The number of hydrogen-bond donors (Lipinski definition) is 0. The summed E-state index contributed by atoms with van der Waals surface area (Å²) in [5.41, 5.74) is -2.50. The molecule has 0 saturated heterocycles. The van der Waals surface area contributed by atoms with Gasteiger partial charge in [0, 0.05) is 12.1 Å². The maximum atomic E-state index is 13.6. The summed E-state index contributed by atoms with van der Waals surface area (Å²) in [5, 5.41) is 9.16. The van der Waals surface area contributed by atoms with Gasteiger partial charge in [-0.25, -0.2) is 4.39 Å². The fourth-order valence-electron chi connectivity index (χ4n) is 1.01. The molecule has 1 aromatic rings. The lowest BCUT2D eigenvalue weighted by Crippen LogP contribution is -2.22. The predicted octanol–water partition coefficient (Wildman–Crippen LogP) is 2.54. The van der Waals surface area contributed by atoms with E-state index in [4.69, 9.17) is 11.6 Å². The summed E-state index contributed by atoms with van der Waals surface area (Å²) < 4.78 is 13.6. The first kappa shape index (κ1) is 11.6. The maximum absolute atomic E-state index is 13.6. The van der Waals surface area contributed by atoms with Gasteiger partial charge in [0.2, 0.25) is 5.67 Å². The Labute approximate surface area is 89.8 Å². The summed E-state index contributed by atoms with van der Waals surface area (Å²) in [7, 11) is 0. The van der Waals surface area contributed by atoms with Gasteiger partial charge in [0.15, 0.2) is 0 Å². The Balaban J connectivity index is 3.09. The molecule has 0 N–H and O–H groups in total. The van der Waals surface area contributed by atoms with Gasteiger partial charge in [0.25, 0.3) is 10.9 Å². The van der Waals surface area contributed by atoms with E-state index in [2.05, 4.69) is 0 Å². The molecule has 0 aliphatic rings. The van der Waals surface area contributed by atoms with Crippen molar-refractivity contribution < 1.29 is 14.1 Å². The normalized spacial score (nSPS) is 14.3. The smallest absolute Gasteiger partial charge is 0.269 e. The molecular formula is C9H7ClFNO3. The topological polar surface area (TPSA) is 60.2 Å². The van der Waals surface area contributed by atoms with E-state index >= 15 is 0 Å². The number of nitro groups is 1. The van der Waals surface area contributed by atoms with E-state index < -0.39 is 15.8 Å². The van der Waals surface area contributed by atoms with E-state index in [9.17, 15) is 19.3 Å². The highest BCUT2D eigenvalue weighted by molar-refractivity contribution is 6.65. The van der Waals surface area contributed by atoms with E-state index in [-0.39, 0.29) is 11.3 Å². The van der Waals surface area contributed by atoms with Crippen molar-refractivity contribution in [2.75, 3.05) is 0 Å². The van der Waals surface area contributed by atoms with Gasteiger partial charge in [-0.1, -0.05) is 0 Å². The molecule has 0 amide bonds. The van der Waals surface area contributed by atoms with Crippen molar-refractivity contribution in [1.82, 2.24) is 0 Å². The first-order valence-corrected chi connectivity index (χ1v) is 4.37. The molecule has 1 aromatic carbocycles. The maximum Gasteiger partial charge on any atom is 0.269 e. The van der Waals surface area contributed by atoms with Crippen LogP contribution in [0.5, 0.6) is 0 Å². The monoisotopic (exact) mass is 231 g/mol. The molecule has 0 aliphatic heterocycles. The number of benzene rings is 1. The Kier molecular flexibility index (Phi) is 3.04. The molecule has 0 saturated carbocycles. The third-order valence-corrected chi connectivity index (χ3v) is 2.34. The van der Waals surface area contributed by atoms with Crippen molar-refractivity contribution in [2.24, 2.45) is 0 Å². The Bertz CT molecular complexity index is 402. The molecule has 1 rings (SSSR count). The molecule has 0 spiro atoms. The summed E-state index contributed by atoms with van der Waals surface area (Å²) >= 11 is 5.06. The Morgan fingerprint density at radius 2 is 1.93 bits per heavy atom. The lowest BCUT2D eigenvalue weighted by Gasteiger charge is -2.14. The number of non-ortho nitro benzene ring substituents is 1. The highest BCUT2D eigenvalue weighted by Gasteiger charge is 2.33. The second-order valence-corrected chi connectivity index (χ2v) is 3.42. The quantitative estimate of drug-likeness (QED) is 0.456. The molecule has 0 radical (unpaired) electrons. The third kappa shape index (κ3) is 2.30. The fourth-order valence-corrected chi connectivity index (χ4v) is 1.12. The average molecular weight is 232 g/mol. The molecule has 15 heavy (non-hydrogen) atoms. The van der Waals surface area contributed by atoms with Crippen LogP contribution in [0.3, 0.4) is 0 Å². The fraction of sp³-hybridized carbons (Fsp3) is 0.222. The highest BCUT2D eigenvalue weighted by atomic mass is 35.5. The van der Waals surface area contributed by atoms with Crippen molar-refractivity contribution in [3.8, 4) is 0 Å². The molecule has 1 atom stereocenters. The molecule has 4 nitrogen and oxygen atoms in total. The number of carbonyl (C=O) groups excluding carboxylic acids is 1. The predicted molar refractivity (Wildman–Crippen MR) is 52.4 cm³/mol. The molecule has 0 fully saturated rings. The van der Waals surface area contributed by atoms with Crippen LogP contribution in [0, 0.1) is 10.1 Å². The first-order chi connectivity index (χ1) is 6.85. The number of carbonyl (C=O) groups is 1. The molecule has 80 valence electrons. The van der Waals surface area contributed by atoms with Gasteiger partial charge in [0.05, 0.1) is 4.92 Å². The zero-order valence-corrected chi connectivity index (χ0v) is 8.49. The number of hydrogen-bond acceptors (Lipinski definition) is 3. The minimum atomic E-state index is -2.32. The standard InChI is InChI=1S/C9H7ClFNO3/c1-9(11,8(10)13)6-2-4-7(5-3-6)12(14)15/h2-5H,1H3. The van der Waals surface area contributed by atoms with Crippen LogP contribution < -0.4 is 0 Å². The van der Waals surface area contributed by atoms with E-state index in [0.717, 1.165) is 19.1 Å². The van der Waals surface area contributed by atoms with Gasteiger partial charge in [-0.3, -0.25) is 14.9 Å². The number of rotatable bonds is 3. The van der Waals surface area contributed by atoms with Crippen molar-refractivity contribution in [2.45, 2.75) is 12.6 Å². The van der Waals surface area contributed by atoms with Crippen LogP contribution in [0.25, 0.3) is 0 Å². The average Bonchev–Trinajstić information content (AvgIpc) is 2.17. The second-order valence-electron chi connectivity index (χ2n) is 3.08. The van der Waals surface area contributed by atoms with Crippen LogP contribution in [0.15, 0.2) is 24.3 Å². The zero-order chi connectivity index (χ0) is 11.6. The number of alkyl halides is 1. The van der Waals surface area contributed by atoms with Crippen LogP contribution in [0.4, 0.5) is 10.1 Å². The molecule has 0 aromatic heterocycles. The Hall–Kier alpha value is -1.49. The van der Waals surface area contributed by atoms with Crippen LogP contribution in [0.2, 0.25) is 0 Å². The van der Waals surface area contributed by atoms with Crippen LogP contribution in [-0.4, -0.2) is 10.2 Å². The van der Waals surface area contributed by atoms with Crippen molar-refractivity contribution in [3.05, 3.63) is 39.9 Å². The summed E-state index contributed by atoms with van der Waals surface area (Å²) in [6.45, 7) is 1.00. The molecule has 0 aliphatic carbocycles. The number of halogens is 2. The van der Waals surface area contributed by atoms with Crippen LogP contribution in [0.1, 0.15) is 12.5 Å². The van der Waals surface area contributed by atoms with E-state index in [1.54, 1.807) is 0 Å². The minimum Gasteiger partial charge on any atom is -0.277 e. The van der Waals surface area contributed by atoms with Crippen molar-refractivity contribution in [3.63, 3.8) is 0 Å². The Morgan fingerprint density at radius 3 is 2.27 bits per heavy atom. The summed E-state index contributed by atoms with van der Waals surface area (Å²) in [5.74, 6) is 0. The number of nitrogens with zero attached hydrogens (tertiary/aromatic N) is 1. The lowest BCUT2D eigenvalue weighted by atomic mass is 9.99. The third-order valence-electron chi connectivity index (χ3n) is 1.99. The van der Waals surface area contributed by atoms with Gasteiger partial charge in [-0.15, -0.1) is 0 Å². The summed E-state index contributed by atoms with van der Waals surface area (Å²) in [6.07, 6.45) is 0. The van der Waals surface area contributed by atoms with Gasteiger partial charge in [0.1, 0.15) is 0 Å². The lowest BCUT2D eigenvalue weighted by molar-refractivity contribution is -0.384. The largest absolute Gasteiger partial charge is 0.277 e. The number of nitro benzene ring substituents is 1. The summed E-state index contributed by atoms with van der Waals surface area (Å²) in [4.78, 5) is 20.4. The van der Waals surface area contributed by atoms with Gasteiger partial charge in [-0.2, -0.15) is 0 Å². The van der Waals surface area contributed by atoms with Crippen molar-refractivity contribution >= 4 is 22.5 Å². The van der Waals surface area contributed by atoms with Gasteiger partial charge < -0.3 is 0 Å². The molecular weight excluding hydrogens is 225 g/mol. The molecule has 0 heterocycles. The van der Waals surface area contributed by atoms with Crippen molar-refractivity contribution in [1.29, 1.82) is 0 Å². The van der Waals surface area contributed by atoms with Crippen LogP contribution in [-0.2, 0) is 10.5 Å². The van der Waals surface area contributed by atoms with Gasteiger partial charge in [-0.05, 0) is 36.2 Å². The second kappa shape index (κ2) is 3.94. The van der Waals surface area contributed by atoms with Crippen LogP contribution >= 0.6 is 11.6 Å². The SMILES string of the molecule is CC(F)(C(=O)Cl)c1ccc([N+](=O)[O-])cc1. The van der Waals surface area contributed by atoms with Gasteiger partial charge >= 0.3 is 0 Å². The Morgan fingerprint density at radius 1 is 1.47 bits per heavy atom. The van der Waals surface area contributed by atoms with E-state index in [1.165, 1.54) is 12.1 Å². The molecule has 0 bridgehead atoms. The minimum absolute atomic E-state index is 0.00639. The zero-order valence-electron chi connectivity index (χ0n) is 7.74. The molecule has 1 unspecified atom stereocenters. The first-order valence-electron chi connectivity index (χ1n) is 3.99. The highest BCUT2D eigenvalue weighted by Crippen LogP contribution is 2.29.